The number of amides is 2. The van der Waals surface area contributed by atoms with Gasteiger partial charge >= 0.3 is 0 Å². The minimum Gasteiger partial charge on any atom is -0.508 e. The molecule has 0 aliphatic heterocycles. The van der Waals surface area contributed by atoms with Crippen LogP contribution in [-0.2, 0) is 11.2 Å². The first-order valence-corrected chi connectivity index (χ1v) is 8.40. The average molecular weight is 385 g/mol. The van der Waals surface area contributed by atoms with Gasteiger partial charge in [0, 0.05) is 5.56 Å². The van der Waals surface area contributed by atoms with Crippen LogP contribution in [-0.4, -0.2) is 28.6 Å². The van der Waals surface area contributed by atoms with Crippen LogP contribution in [0.3, 0.4) is 0 Å². The molecule has 0 saturated carbocycles. The van der Waals surface area contributed by atoms with Gasteiger partial charge in [0.1, 0.15) is 11.5 Å². The van der Waals surface area contributed by atoms with Gasteiger partial charge in [-0.15, -0.1) is 6.58 Å². The molecule has 4 N–H and O–H groups in total. The van der Waals surface area contributed by atoms with Crippen molar-refractivity contribution < 1.29 is 19.4 Å². The summed E-state index contributed by atoms with van der Waals surface area (Å²) in [6.07, 6.45) is 2.57. The van der Waals surface area contributed by atoms with Crippen molar-refractivity contribution in [2.24, 2.45) is 0 Å². The molecule has 2 rings (SSSR count). The van der Waals surface area contributed by atoms with Crippen molar-refractivity contribution in [3.05, 3.63) is 72.3 Å². The van der Waals surface area contributed by atoms with Gasteiger partial charge in [0.2, 0.25) is 0 Å². The van der Waals surface area contributed by atoms with E-state index in [0.29, 0.717) is 11.3 Å². The molecular weight excluding hydrogens is 366 g/mol. The number of benzene rings is 2. The Labute approximate surface area is 162 Å². The lowest BCUT2D eigenvalue weighted by atomic mass is 10.1. The summed E-state index contributed by atoms with van der Waals surface area (Å²) in [6, 6.07) is 13.0. The lowest BCUT2D eigenvalue weighted by Crippen LogP contribution is -2.49. The largest absolute Gasteiger partial charge is 0.508 e. The van der Waals surface area contributed by atoms with Crippen molar-refractivity contribution in [3.63, 3.8) is 0 Å². The average Bonchev–Trinajstić information content (AvgIpc) is 2.66. The van der Waals surface area contributed by atoms with Crippen LogP contribution in [0.5, 0.6) is 11.5 Å². The molecule has 7 nitrogen and oxygen atoms in total. The predicted octanol–water partition coefficient (Wildman–Crippen LogP) is 1.84. The van der Waals surface area contributed by atoms with E-state index in [2.05, 4.69) is 22.7 Å². The number of allylic oxidation sites excluding steroid dienone is 1. The van der Waals surface area contributed by atoms with E-state index in [1.54, 1.807) is 18.2 Å². The second-order valence-corrected chi connectivity index (χ2v) is 5.84. The highest BCUT2D eigenvalue weighted by molar-refractivity contribution is 7.80. The molecule has 0 heterocycles. The number of phenolic OH excluding ortho intramolecular Hbond substituents is 1. The molecule has 0 aliphatic rings. The quantitative estimate of drug-likeness (QED) is 0.344. The Hall–Kier alpha value is -3.39. The fraction of sp³-hybridized carbons (Fsp3) is 0.105. The van der Waals surface area contributed by atoms with Crippen LogP contribution in [0.15, 0.2) is 61.2 Å². The molecular formula is C19H19N3O4S. The summed E-state index contributed by atoms with van der Waals surface area (Å²) in [7, 11) is 0. The second kappa shape index (κ2) is 9.93. The third kappa shape index (κ3) is 6.79. The second-order valence-electron chi connectivity index (χ2n) is 5.43. The molecule has 0 radical (unpaired) electrons. The first-order valence-electron chi connectivity index (χ1n) is 8.00. The highest BCUT2D eigenvalue weighted by Crippen LogP contribution is 2.12. The van der Waals surface area contributed by atoms with Gasteiger partial charge in [0.25, 0.3) is 11.8 Å². The highest BCUT2D eigenvalue weighted by Gasteiger charge is 2.09. The fourth-order valence-corrected chi connectivity index (χ4v) is 2.16. The summed E-state index contributed by atoms with van der Waals surface area (Å²) >= 11 is 4.94. The fourth-order valence-electron chi connectivity index (χ4n) is 2.02. The maximum absolute atomic E-state index is 11.9. The van der Waals surface area contributed by atoms with Crippen molar-refractivity contribution >= 4 is 29.1 Å². The van der Waals surface area contributed by atoms with Crippen molar-refractivity contribution in [2.45, 2.75) is 6.42 Å². The van der Waals surface area contributed by atoms with Crippen molar-refractivity contribution in [2.75, 3.05) is 6.61 Å². The zero-order chi connectivity index (χ0) is 19.6. The Morgan fingerprint density at radius 2 is 1.74 bits per heavy atom. The van der Waals surface area contributed by atoms with Gasteiger partial charge in [0.05, 0.1) is 0 Å². The van der Waals surface area contributed by atoms with Gasteiger partial charge in [-0.3, -0.25) is 25.8 Å². The summed E-state index contributed by atoms with van der Waals surface area (Å²) in [5.41, 5.74) is 6.15. The Bertz CT molecular complexity index is 820. The van der Waals surface area contributed by atoms with Crippen molar-refractivity contribution in [1.82, 2.24) is 16.2 Å². The number of phenols is 1. The molecule has 8 heteroatoms. The van der Waals surface area contributed by atoms with Gasteiger partial charge in [-0.05, 0) is 60.6 Å². The summed E-state index contributed by atoms with van der Waals surface area (Å²) < 4.78 is 5.36. The van der Waals surface area contributed by atoms with Crippen LogP contribution in [0.25, 0.3) is 0 Å². The molecule has 0 bridgehead atoms. The zero-order valence-corrected chi connectivity index (χ0v) is 15.2. The van der Waals surface area contributed by atoms with Crippen LogP contribution in [0, 0.1) is 0 Å². The zero-order valence-electron chi connectivity index (χ0n) is 14.4. The number of thiocarbonyl (C=S) groups is 1. The van der Waals surface area contributed by atoms with Crippen LogP contribution < -0.4 is 20.9 Å². The smallest absolute Gasteiger partial charge is 0.276 e. The van der Waals surface area contributed by atoms with E-state index in [1.165, 1.54) is 24.3 Å². The van der Waals surface area contributed by atoms with Gasteiger partial charge in [0.15, 0.2) is 11.7 Å². The van der Waals surface area contributed by atoms with Gasteiger partial charge in [-0.25, -0.2) is 0 Å². The molecule has 140 valence electrons. The molecule has 0 fully saturated rings. The topological polar surface area (TPSA) is 99.7 Å². The Balaban J connectivity index is 1.71. The third-order valence-corrected chi connectivity index (χ3v) is 3.55. The number of carbonyl (C=O) groups excluding carboxylic acids is 2. The molecule has 27 heavy (non-hydrogen) atoms. The van der Waals surface area contributed by atoms with Crippen molar-refractivity contribution in [3.8, 4) is 11.5 Å². The van der Waals surface area contributed by atoms with E-state index in [0.717, 1.165) is 12.0 Å². The van der Waals surface area contributed by atoms with Gasteiger partial charge in [-0.2, -0.15) is 0 Å². The number of ether oxygens (including phenoxy) is 1. The molecule has 2 aromatic carbocycles. The van der Waals surface area contributed by atoms with E-state index in [-0.39, 0.29) is 17.5 Å². The molecule has 0 aromatic heterocycles. The van der Waals surface area contributed by atoms with E-state index < -0.39 is 11.8 Å². The van der Waals surface area contributed by atoms with E-state index in [1.807, 2.05) is 12.1 Å². The van der Waals surface area contributed by atoms with Gasteiger partial charge in [-0.1, -0.05) is 18.2 Å². The first-order chi connectivity index (χ1) is 13.0. The van der Waals surface area contributed by atoms with E-state index in [9.17, 15) is 14.7 Å². The first kappa shape index (κ1) is 19.9. The number of hydrogen-bond acceptors (Lipinski definition) is 5. The van der Waals surface area contributed by atoms with E-state index in [4.69, 9.17) is 17.0 Å². The van der Waals surface area contributed by atoms with Crippen LogP contribution in [0.4, 0.5) is 0 Å². The number of hydrogen-bond donors (Lipinski definition) is 4. The Morgan fingerprint density at radius 1 is 1.07 bits per heavy atom. The van der Waals surface area contributed by atoms with Crippen LogP contribution >= 0.6 is 12.2 Å². The van der Waals surface area contributed by atoms with Crippen LogP contribution in [0.2, 0.25) is 0 Å². The third-order valence-electron chi connectivity index (χ3n) is 3.35. The van der Waals surface area contributed by atoms with Crippen LogP contribution in [0.1, 0.15) is 15.9 Å². The molecule has 0 spiro atoms. The highest BCUT2D eigenvalue weighted by atomic mass is 32.1. The predicted molar refractivity (Wildman–Crippen MR) is 105 cm³/mol. The summed E-state index contributed by atoms with van der Waals surface area (Å²) in [4.78, 5) is 23.7. The number of hydrazine groups is 1. The van der Waals surface area contributed by atoms with Gasteiger partial charge < -0.3 is 9.84 Å². The maximum atomic E-state index is 11.9. The number of carbonyl (C=O) groups is 2. The molecule has 2 amide bonds. The van der Waals surface area contributed by atoms with Crippen molar-refractivity contribution in [1.29, 1.82) is 0 Å². The molecule has 2 aromatic rings. The normalized spacial score (nSPS) is 9.78. The van der Waals surface area contributed by atoms with E-state index >= 15 is 0 Å². The lowest BCUT2D eigenvalue weighted by molar-refractivity contribution is -0.123. The minimum atomic E-state index is -0.474. The summed E-state index contributed by atoms with van der Waals surface area (Å²) in [5.74, 6) is -0.333. The molecule has 0 aliphatic carbocycles. The molecule has 0 saturated heterocycles. The number of nitrogens with one attached hydrogen (secondary N) is 3. The molecule has 0 atom stereocenters. The Kier molecular flexibility index (Phi) is 7.33. The maximum Gasteiger partial charge on any atom is 0.276 e. The standard InChI is InChI=1S/C19H19N3O4S/c1-2-3-13-4-10-16(11-5-13)26-12-17(24)21-22-19(27)20-18(25)14-6-8-15(23)9-7-14/h2,4-11,23H,1,3,12H2,(H,21,24)(H2,20,22,25,27). The Morgan fingerprint density at radius 3 is 2.37 bits per heavy atom. The molecule has 0 unspecified atom stereocenters. The number of aromatic hydroxyl groups is 1. The summed E-state index contributed by atoms with van der Waals surface area (Å²) in [5, 5.41) is 11.5. The lowest BCUT2D eigenvalue weighted by Gasteiger charge is -2.11. The summed E-state index contributed by atoms with van der Waals surface area (Å²) in [6.45, 7) is 3.45. The SMILES string of the molecule is C=CCc1ccc(OCC(=O)NNC(=S)NC(=O)c2ccc(O)cc2)cc1. The number of rotatable bonds is 6. The monoisotopic (exact) mass is 385 g/mol. The minimum absolute atomic E-state index is 0.0508.